The highest BCUT2D eigenvalue weighted by molar-refractivity contribution is 5.21. The third-order valence-electron chi connectivity index (χ3n) is 3.07. The Morgan fingerprint density at radius 1 is 1.25 bits per heavy atom. The maximum absolute atomic E-state index is 13.5. The van der Waals surface area contributed by atoms with Crippen molar-refractivity contribution in [1.29, 1.82) is 0 Å². The van der Waals surface area contributed by atoms with E-state index in [1.807, 2.05) is 25.1 Å². The molecule has 2 rings (SSSR count). The quantitative estimate of drug-likeness (QED) is 0.884. The van der Waals surface area contributed by atoms with Crippen molar-refractivity contribution in [3.8, 4) is 0 Å². The van der Waals surface area contributed by atoms with Crippen molar-refractivity contribution in [1.82, 2.24) is 10.3 Å². The second-order valence-corrected chi connectivity index (χ2v) is 4.57. The zero-order chi connectivity index (χ0) is 14.5. The van der Waals surface area contributed by atoms with Crippen LogP contribution in [0.2, 0.25) is 0 Å². The third-order valence-corrected chi connectivity index (χ3v) is 3.07. The fraction of sp³-hybridized carbons (Fsp3) is 0.267. The Kier molecular flexibility index (Phi) is 4.76. The van der Waals surface area contributed by atoms with Gasteiger partial charge in [0.2, 0.25) is 0 Å². The predicted octanol–water partition coefficient (Wildman–Crippen LogP) is 2.74. The highest BCUT2D eigenvalue weighted by Crippen LogP contribution is 2.18. The molecule has 0 fully saturated rings. The van der Waals surface area contributed by atoms with Gasteiger partial charge in [-0.25, -0.2) is 8.78 Å². The van der Waals surface area contributed by atoms with Gasteiger partial charge in [-0.2, -0.15) is 0 Å². The van der Waals surface area contributed by atoms with Crippen LogP contribution in [0.15, 0.2) is 42.6 Å². The number of aliphatic hydroxyl groups is 1. The smallest absolute Gasteiger partial charge is 0.129 e. The normalized spacial score (nSPS) is 14.0. The van der Waals surface area contributed by atoms with E-state index in [0.29, 0.717) is 0 Å². The number of halogens is 2. The lowest BCUT2D eigenvalue weighted by Gasteiger charge is -2.17. The molecule has 0 amide bonds. The molecular formula is C15H16F2N2O. The van der Waals surface area contributed by atoms with E-state index < -0.39 is 17.7 Å². The number of hydrogen-bond donors (Lipinski definition) is 2. The summed E-state index contributed by atoms with van der Waals surface area (Å²) < 4.78 is 26.6. The average Bonchev–Trinajstić information content (AvgIpc) is 2.47. The molecule has 0 aliphatic carbocycles. The maximum atomic E-state index is 13.5. The minimum Gasteiger partial charge on any atom is -0.387 e. The molecule has 0 radical (unpaired) electrons. The molecule has 3 nitrogen and oxygen atoms in total. The number of aliphatic hydroxyl groups excluding tert-OH is 1. The predicted molar refractivity (Wildman–Crippen MR) is 72.0 cm³/mol. The summed E-state index contributed by atoms with van der Waals surface area (Å²) in [6.45, 7) is 2.00. The summed E-state index contributed by atoms with van der Waals surface area (Å²) in [5.74, 6) is -1.19. The van der Waals surface area contributed by atoms with E-state index in [9.17, 15) is 13.9 Å². The molecule has 2 atom stereocenters. The van der Waals surface area contributed by atoms with Crippen molar-refractivity contribution in [2.45, 2.75) is 19.1 Å². The van der Waals surface area contributed by atoms with Gasteiger partial charge >= 0.3 is 0 Å². The van der Waals surface area contributed by atoms with Crippen LogP contribution in [0.3, 0.4) is 0 Å². The Morgan fingerprint density at radius 3 is 2.75 bits per heavy atom. The van der Waals surface area contributed by atoms with Crippen molar-refractivity contribution in [2.75, 3.05) is 6.54 Å². The first-order valence-electron chi connectivity index (χ1n) is 6.35. The molecule has 2 N–H and O–H groups in total. The average molecular weight is 278 g/mol. The van der Waals surface area contributed by atoms with Gasteiger partial charge < -0.3 is 10.4 Å². The Bertz CT molecular complexity index is 563. The van der Waals surface area contributed by atoms with Crippen LogP contribution in [0, 0.1) is 11.6 Å². The van der Waals surface area contributed by atoms with Crippen LogP contribution in [0.5, 0.6) is 0 Å². The van der Waals surface area contributed by atoms with E-state index in [4.69, 9.17) is 0 Å². The van der Waals surface area contributed by atoms with E-state index in [1.165, 1.54) is 0 Å². The lowest BCUT2D eigenvalue weighted by molar-refractivity contribution is 0.165. The molecule has 2 aromatic rings. The molecule has 1 unspecified atom stereocenters. The van der Waals surface area contributed by atoms with E-state index in [2.05, 4.69) is 10.3 Å². The Labute approximate surface area is 116 Å². The van der Waals surface area contributed by atoms with Gasteiger partial charge in [-0.15, -0.1) is 0 Å². The molecule has 5 heteroatoms. The zero-order valence-corrected chi connectivity index (χ0v) is 11.1. The number of nitrogens with zero attached hydrogens (tertiary/aromatic N) is 1. The fourth-order valence-corrected chi connectivity index (χ4v) is 1.91. The molecule has 20 heavy (non-hydrogen) atoms. The molecule has 0 saturated heterocycles. The van der Waals surface area contributed by atoms with Crippen molar-refractivity contribution >= 4 is 0 Å². The van der Waals surface area contributed by atoms with E-state index in [0.717, 1.165) is 23.9 Å². The van der Waals surface area contributed by atoms with Crippen LogP contribution >= 0.6 is 0 Å². The molecule has 0 saturated carbocycles. The molecule has 1 heterocycles. The lowest BCUT2D eigenvalue weighted by atomic mass is 10.1. The maximum Gasteiger partial charge on any atom is 0.129 e. The largest absolute Gasteiger partial charge is 0.387 e. The number of pyridine rings is 1. The highest BCUT2D eigenvalue weighted by atomic mass is 19.1. The summed E-state index contributed by atoms with van der Waals surface area (Å²) in [5.41, 5.74) is 0.769. The van der Waals surface area contributed by atoms with Crippen LogP contribution in [-0.4, -0.2) is 16.6 Å². The number of hydrogen-bond acceptors (Lipinski definition) is 3. The summed E-state index contributed by atoms with van der Waals surface area (Å²) in [6.07, 6.45) is 0.563. The lowest BCUT2D eigenvalue weighted by Crippen LogP contribution is -2.25. The first-order valence-corrected chi connectivity index (χ1v) is 6.35. The molecular weight excluding hydrogens is 262 g/mol. The first-order chi connectivity index (χ1) is 9.58. The fourth-order valence-electron chi connectivity index (χ4n) is 1.91. The summed E-state index contributed by atoms with van der Waals surface area (Å²) in [6, 6.07) is 8.48. The number of nitrogens with one attached hydrogen (secondary N) is 1. The standard InChI is InChI=1S/C15H16F2N2O/c1-10(14-4-2-3-7-18-14)19-9-15(20)12-8-11(16)5-6-13(12)17/h2-8,10,15,19-20H,9H2,1H3/t10-,15?/m1/s1. The third kappa shape index (κ3) is 3.59. The van der Waals surface area contributed by atoms with Gasteiger partial charge in [0.15, 0.2) is 0 Å². The van der Waals surface area contributed by atoms with Crippen LogP contribution < -0.4 is 5.32 Å². The molecule has 0 aliphatic heterocycles. The van der Waals surface area contributed by atoms with Crippen molar-refractivity contribution in [3.05, 3.63) is 65.5 Å². The Balaban J connectivity index is 1.98. The van der Waals surface area contributed by atoms with Crippen LogP contribution in [0.1, 0.15) is 30.3 Å². The summed E-state index contributed by atoms with van der Waals surface area (Å²) in [5, 5.41) is 13.0. The SMILES string of the molecule is C[C@@H](NCC(O)c1cc(F)ccc1F)c1ccccn1. The van der Waals surface area contributed by atoms with Gasteiger partial charge in [-0.3, -0.25) is 4.98 Å². The molecule has 0 bridgehead atoms. The van der Waals surface area contributed by atoms with E-state index >= 15 is 0 Å². The number of aromatic nitrogens is 1. The van der Waals surface area contributed by atoms with E-state index in [-0.39, 0.29) is 18.2 Å². The Hall–Kier alpha value is -1.85. The minimum atomic E-state index is -1.11. The molecule has 0 aliphatic rings. The van der Waals surface area contributed by atoms with Crippen molar-refractivity contribution in [2.24, 2.45) is 0 Å². The highest BCUT2D eigenvalue weighted by Gasteiger charge is 2.15. The summed E-state index contributed by atoms with van der Waals surface area (Å²) >= 11 is 0. The summed E-state index contributed by atoms with van der Waals surface area (Å²) in [7, 11) is 0. The molecule has 1 aromatic heterocycles. The van der Waals surface area contributed by atoms with Gasteiger partial charge in [0.05, 0.1) is 11.8 Å². The van der Waals surface area contributed by atoms with Gasteiger partial charge in [-0.1, -0.05) is 6.07 Å². The topological polar surface area (TPSA) is 45.1 Å². The molecule has 0 spiro atoms. The van der Waals surface area contributed by atoms with Crippen molar-refractivity contribution in [3.63, 3.8) is 0 Å². The molecule has 106 valence electrons. The second-order valence-electron chi connectivity index (χ2n) is 4.57. The first kappa shape index (κ1) is 14.6. The minimum absolute atomic E-state index is 0.0503. The monoisotopic (exact) mass is 278 g/mol. The van der Waals surface area contributed by atoms with Crippen LogP contribution in [-0.2, 0) is 0 Å². The summed E-state index contributed by atoms with van der Waals surface area (Å²) in [4.78, 5) is 4.18. The van der Waals surface area contributed by atoms with Crippen LogP contribution in [0.4, 0.5) is 8.78 Å². The Morgan fingerprint density at radius 2 is 2.05 bits per heavy atom. The molecule has 1 aromatic carbocycles. The van der Waals surface area contributed by atoms with Crippen molar-refractivity contribution < 1.29 is 13.9 Å². The number of benzene rings is 1. The van der Waals surface area contributed by atoms with Crippen LogP contribution in [0.25, 0.3) is 0 Å². The van der Waals surface area contributed by atoms with Gasteiger partial charge in [0.25, 0.3) is 0 Å². The van der Waals surface area contributed by atoms with Gasteiger partial charge in [-0.05, 0) is 37.3 Å². The number of rotatable bonds is 5. The zero-order valence-electron chi connectivity index (χ0n) is 11.1. The van der Waals surface area contributed by atoms with Gasteiger partial charge in [0, 0.05) is 24.3 Å². The van der Waals surface area contributed by atoms with Gasteiger partial charge in [0.1, 0.15) is 11.6 Å². The second kappa shape index (κ2) is 6.54. The van der Waals surface area contributed by atoms with E-state index in [1.54, 1.807) is 6.20 Å².